The Bertz CT molecular complexity index is 192. The maximum atomic E-state index is 3.25. The van der Waals surface area contributed by atoms with Crippen molar-refractivity contribution in [2.24, 2.45) is 5.41 Å². The number of halogens is 3. The third-order valence-corrected chi connectivity index (χ3v) is 1.20. The number of hydrogen-bond donors (Lipinski definition) is 1. The van der Waals surface area contributed by atoms with Crippen LogP contribution in [0.1, 0.15) is 27.7 Å². The molecule has 0 unspecified atom stereocenters. The zero-order chi connectivity index (χ0) is 14.8. The fraction of sp³-hybridized carbons (Fsp3) is 0.923. The molecule has 130 valence electrons. The van der Waals surface area contributed by atoms with Crippen molar-refractivity contribution in [1.29, 1.82) is 0 Å². The molecular formula is C13H36I3N4-. The van der Waals surface area contributed by atoms with E-state index < -0.39 is 0 Å². The first kappa shape index (κ1) is 37.6. The number of guanidine groups is 1. The predicted octanol–water partition coefficient (Wildman–Crippen LogP) is -8.34. The predicted molar refractivity (Wildman–Crippen MR) is 78.4 cm³/mol. The van der Waals surface area contributed by atoms with E-state index in [2.05, 4.69) is 47.8 Å². The van der Waals surface area contributed by atoms with Gasteiger partial charge >= 0.3 is 5.96 Å². The molecule has 0 spiro atoms. The Morgan fingerprint density at radius 1 is 0.750 bits per heavy atom. The quantitative estimate of drug-likeness (QED) is 0.125. The second-order valence-electron chi connectivity index (χ2n) is 5.98. The number of nitrogens with zero attached hydrogens (tertiary/aromatic N) is 3. The molecule has 0 aromatic rings. The summed E-state index contributed by atoms with van der Waals surface area (Å²) in [5.74, 6) is 1.19. The minimum atomic E-state index is 0. The highest BCUT2D eigenvalue weighted by Crippen LogP contribution is 2.08. The Morgan fingerprint density at radius 2 is 0.900 bits per heavy atom. The van der Waals surface area contributed by atoms with Crippen molar-refractivity contribution in [3.63, 3.8) is 0 Å². The van der Waals surface area contributed by atoms with Crippen LogP contribution in [-0.4, -0.2) is 69.7 Å². The molecule has 20 heavy (non-hydrogen) atoms. The van der Waals surface area contributed by atoms with Gasteiger partial charge in [-0.1, -0.05) is 27.7 Å². The van der Waals surface area contributed by atoms with Gasteiger partial charge < -0.3 is 77.7 Å². The van der Waals surface area contributed by atoms with E-state index in [4.69, 9.17) is 0 Å². The van der Waals surface area contributed by atoms with Gasteiger partial charge in [-0.2, -0.15) is 0 Å². The van der Waals surface area contributed by atoms with Crippen molar-refractivity contribution in [1.82, 2.24) is 9.80 Å². The molecule has 0 atom stereocenters. The highest BCUT2D eigenvalue weighted by molar-refractivity contribution is 5.73. The van der Waals surface area contributed by atoms with Gasteiger partial charge in [0, 0.05) is 0 Å². The molecule has 4 nitrogen and oxygen atoms in total. The second kappa shape index (κ2) is 20.4. The maximum absolute atomic E-state index is 3.25. The molecule has 0 aliphatic heterocycles. The Kier molecular flexibility index (Phi) is 38.4. The molecule has 0 saturated heterocycles. The number of rotatable bonds is 0. The lowest BCUT2D eigenvalue weighted by Crippen LogP contribution is -3.00. The summed E-state index contributed by atoms with van der Waals surface area (Å²) >= 11 is 0. The van der Waals surface area contributed by atoms with E-state index in [0.717, 1.165) is 0 Å². The summed E-state index contributed by atoms with van der Waals surface area (Å²) in [4.78, 5) is 4.17. The first-order valence-corrected chi connectivity index (χ1v) is 6.06. The molecule has 0 aliphatic carbocycles. The molecule has 0 aliphatic rings. The minimum Gasteiger partial charge on any atom is -1.00 e. The molecule has 7 heteroatoms. The number of hydrogen-bond acceptors (Lipinski definition) is 0. The molecule has 3 N–H and O–H groups in total. The summed E-state index contributed by atoms with van der Waals surface area (Å²) in [6.07, 6.45) is 0. The van der Waals surface area contributed by atoms with Crippen LogP contribution in [0, 0.1) is 5.41 Å². The summed E-state index contributed by atoms with van der Waals surface area (Å²) in [6, 6.07) is 0. The average Bonchev–Trinajstić information content (AvgIpc) is 2.01. The van der Waals surface area contributed by atoms with Gasteiger partial charge in [-0.3, -0.25) is 14.4 Å². The Balaban J connectivity index is -0.0000000428. The van der Waals surface area contributed by atoms with Crippen LogP contribution >= 0.6 is 0 Å². The molecule has 0 aromatic carbocycles. The van der Waals surface area contributed by atoms with Crippen molar-refractivity contribution in [2.45, 2.75) is 27.7 Å². The van der Waals surface area contributed by atoms with Gasteiger partial charge in [0.05, 0.1) is 49.3 Å². The fourth-order valence-corrected chi connectivity index (χ4v) is 1.20. The molecular weight excluding hydrogens is 593 g/mol. The largest absolute Gasteiger partial charge is 1.00 e. The molecule has 0 bridgehead atoms. The van der Waals surface area contributed by atoms with Gasteiger partial charge in [0.2, 0.25) is 0 Å². The highest BCUT2D eigenvalue weighted by atomic mass is 127. The fourth-order valence-electron chi connectivity index (χ4n) is 1.20. The molecule has 0 fully saturated rings. The van der Waals surface area contributed by atoms with E-state index in [0.29, 0.717) is 5.41 Å². The maximum Gasteiger partial charge on any atom is 0.349 e. The van der Waals surface area contributed by atoms with E-state index in [1.165, 1.54) is 5.96 Å². The van der Waals surface area contributed by atoms with Crippen LogP contribution < -0.4 is 77.7 Å². The monoisotopic (exact) mass is 629 g/mol. The van der Waals surface area contributed by atoms with Crippen molar-refractivity contribution in [3.05, 3.63) is 0 Å². The molecule has 0 heterocycles. The standard InChI is InChI=1S/C7H18N3.C5H12.CH5N.3HI/c1-8(2)7(9(3)4)10(5)6;1-5(2,3)4;1-2;;;/h1-6H3;1-4H3;2H2,1H3;3*1H/q+1;;;;;/p-2. The van der Waals surface area contributed by atoms with Crippen LogP contribution in [0.5, 0.6) is 0 Å². The van der Waals surface area contributed by atoms with Crippen molar-refractivity contribution >= 4 is 5.96 Å². The van der Waals surface area contributed by atoms with E-state index in [1.807, 2.05) is 42.3 Å². The lowest BCUT2D eigenvalue weighted by atomic mass is 10.0. The highest BCUT2D eigenvalue weighted by Gasteiger charge is 2.12. The lowest BCUT2D eigenvalue weighted by Gasteiger charge is -2.16. The van der Waals surface area contributed by atoms with E-state index in [-0.39, 0.29) is 71.9 Å². The van der Waals surface area contributed by atoms with Crippen molar-refractivity contribution < 1.29 is 82.2 Å². The molecule has 0 amide bonds. The molecule has 0 aromatic heterocycles. The van der Waals surface area contributed by atoms with Crippen LogP contribution in [-0.2, 0) is 0 Å². The van der Waals surface area contributed by atoms with Crippen LogP contribution in [0.15, 0.2) is 0 Å². The molecule has 0 saturated carbocycles. The first-order valence-electron chi connectivity index (χ1n) is 6.06. The second-order valence-corrected chi connectivity index (χ2v) is 5.98. The molecule has 0 radical (unpaired) electrons. The topological polar surface area (TPSA) is 37.1 Å². The van der Waals surface area contributed by atoms with Gasteiger partial charge in [0.1, 0.15) is 0 Å². The summed E-state index contributed by atoms with van der Waals surface area (Å²) in [5, 5.41) is 0. The average molecular weight is 629 g/mol. The number of quaternary nitrogens is 1. The Labute approximate surface area is 179 Å². The van der Waals surface area contributed by atoms with Crippen LogP contribution in [0.25, 0.3) is 0 Å². The Morgan fingerprint density at radius 3 is 0.900 bits per heavy atom. The normalized spacial score (nSPS) is 7.80. The van der Waals surface area contributed by atoms with Crippen LogP contribution in [0.3, 0.4) is 0 Å². The van der Waals surface area contributed by atoms with E-state index >= 15 is 0 Å². The van der Waals surface area contributed by atoms with Crippen LogP contribution in [0.4, 0.5) is 0 Å². The lowest BCUT2D eigenvalue weighted by molar-refractivity contribution is -0.475. The van der Waals surface area contributed by atoms with Gasteiger partial charge in [0.25, 0.3) is 0 Å². The van der Waals surface area contributed by atoms with Gasteiger partial charge in [-0.05, 0) is 5.41 Å². The smallest absolute Gasteiger partial charge is 0.349 e. The van der Waals surface area contributed by atoms with Gasteiger partial charge in [-0.15, -0.1) is 0 Å². The summed E-state index contributed by atoms with van der Waals surface area (Å²) in [5.41, 5.74) is 3.75. The SMILES string of the molecule is CC(C)(C)C.CN(C)C(N(C)C)=[N+](C)C.C[NH3+].[I-].[I-].[I-]. The van der Waals surface area contributed by atoms with Crippen molar-refractivity contribution in [3.8, 4) is 0 Å². The summed E-state index contributed by atoms with van der Waals surface area (Å²) in [6.45, 7) is 8.75. The summed E-state index contributed by atoms with van der Waals surface area (Å²) in [7, 11) is 14.0. The first-order chi connectivity index (χ1) is 7.46. The molecule has 0 rings (SSSR count). The third-order valence-electron chi connectivity index (χ3n) is 1.20. The van der Waals surface area contributed by atoms with Crippen molar-refractivity contribution in [2.75, 3.05) is 49.3 Å². The zero-order valence-electron chi connectivity index (χ0n) is 15.2. The van der Waals surface area contributed by atoms with E-state index in [1.54, 1.807) is 7.05 Å². The van der Waals surface area contributed by atoms with Crippen LogP contribution in [0.2, 0.25) is 0 Å². The minimum absolute atomic E-state index is 0. The van der Waals surface area contributed by atoms with Gasteiger partial charge in [0.15, 0.2) is 0 Å². The Hall–Kier alpha value is 1.42. The third kappa shape index (κ3) is 36.6. The zero-order valence-corrected chi connectivity index (χ0v) is 21.7. The summed E-state index contributed by atoms with van der Waals surface area (Å²) < 4.78 is 2.08. The van der Waals surface area contributed by atoms with E-state index in [9.17, 15) is 0 Å². The van der Waals surface area contributed by atoms with Gasteiger partial charge in [-0.25, -0.2) is 0 Å².